The number of aromatic nitrogens is 7. The maximum atomic E-state index is 4.66. The van der Waals surface area contributed by atoms with Crippen LogP contribution in [-0.4, -0.2) is 34.7 Å². The van der Waals surface area contributed by atoms with Crippen LogP contribution in [0.3, 0.4) is 0 Å². The van der Waals surface area contributed by atoms with Crippen LogP contribution in [0.2, 0.25) is 0 Å². The molecule has 9 nitrogen and oxygen atoms in total. The molecule has 9 heteroatoms. The Morgan fingerprint density at radius 2 is 1.86 bits per heavy atom. The standard InChI is InChI=1S/C19H19N9/c1-11-4-5-14-12(10-21-24-14)18(11)23-19-13-9-20-17(8-15(13)28(3)26-19)22-16-6-7-27(2)25-16/h4-10H,1-3H3,(H,21,24)(H,23,26)(H,20,22,25). The van der Waals surface area contributed by atoms with Crippen molar-refractivity contribution in [3.8, 4) is 0 Å². The number of nitrogens with zero attached hydrogens (tertiary/aromatic N) is 6. The van der Waals surface area contributed by atoms with Crippen LogP contribution in [0, 0.1) is 6.92 Å². The first-order chi connectivity index (χ1) is 13.6. The molecule has 0 amide bonds. The predicted molar refractivity (Wildman–Crippen MR) is 109 cm³/mol. The molecule has 0 radical (unpaired) electrons. The van der Waals surface area contributed by atoms with Crippen LogP contribution < -0.4 is 10.6 Å². The Kier molecular flexibility index (Phi) is 3.54. The second kappa shape index (κ2) is 6.08. The lowest BCUT2D eigenvalue weighted by Gasteiger charge is -2.09. The van der Waals surface area contributed by atoms with Crippen LogP contribution in [-0.2, 0) is 14.1 Å². The number of nitrogens with one attached hydrogen (secondary N) is 3. The van der Waals surface area contributed by atoms with E-state index < -0.39 is 0 Å². The van der Waals surface area contributed by atoms with Crippen molar-refractivity contribution in [3.05, 3.63) is 48.4 Å². The van der Waals surface area contributed by atoms with Gasteiger partial charge in [-0.3, -0.25) is 14.5 Å². The first-order valence-electron chi connectivity index (χ1n) is 8.87. The summed E-state index contributed by atoms with van der Waals surface area (Å²) in [5, 5.41) is 24.8. The summed E-state index contributed by atoms with van der Waals surface area (Å²) in [7, 11) is 3.80. The quantitative estimate of drug-likeness (QED) is 0.446. The molecule has 5 aromatic rings. The van der Waals surface area contributed by atoms with Crippen LogP contribution in [0.15, 0.2) is 42.9 Å². The van der Waals surface area contributed by atoms with Gasteiger partial charge in [-0.25, -0.2) is 4.98 Å². The van der Waals surface area contributed by atoms with Crippen molar-refractivity contribution in [1.82, 2.24) is 34.7 Å². The van der Waals surface area contributed by atoms with Crippen LogP contribution in [0.1, 0.15) is 5.56 Å². The minimum Gasteiger partial charge on any atom is -0.337 e. The fourth-order valence-corrected chi connectivity index (χ4v) is 3.34. The first-order valence-corrected chi connectivity index (χ1v) is 8.87. The van der Waals surface area contributed by atoms with Crippen LogP contribution in [0.5, 0.6) is 0 Å². The number of aromatic amines is 1. The summed E-state index contributed by atoms with van der Waals surface area (Å²) in [6.45, 7) is 2.06. The lowest BCUT2D eigenvalue weighted by atomic mass is 10.1. The van der Waals surface area contributed by atoms with Crippen molar-refractivity contribution < 1.29 is 0 Å². The number of benzene rings is 1. The maximum Gasteiger partial charge on any atom is 0.161 e. The summed E-state index contributed by atoms with van der Waals surface area (Å²) in [6, 6.07) is 7.95. The molecule has 0 saturated heterocycles. The highest BCUT2D eigenvalue weighted by Crippen LogP contribution is 2.32. The molecule has 0 saturated carbocycles. The van der Waals surface area contributed by atoms with E-state index in [1.165, 1.54) is 0 Å². The molecule has 0 aliphatic rings. The van der Waals surface area contributed by atoms with Gasteiger partial charge in [0.2, 0.25) is 0 Å². The smallest absolute Gasteiger partial charge is 0.161 e. The number of pyridine rings is 1. The third kappa shape index (κ3) is 2.64. The monoisotopic (exact) mass is 373 g/mol. The Morgan fingerprint density at radius 1 is 0.964 bits per heavy atom. The number of aryl methyl sites for hydroxylation is 3. The van der Waals surface area contributed by atoms with E-state index in [0.717, 1.165) is 44.7 Å². The molecule has 5 rings (SSSR count). The Bertz CT molecular complexity index is 1310. The maximum absolute atomic E-state index is 4.66. The molecule has 1 aromatic carbocycles. The highest BCUT2D eigenvalue weighted by atomic mass is 15.3. The van der Waals surface area contributed by atoms with E-state index in [-0.39, 0.29) is 0 Å². The van der Waals surface area contributed by atoms with Crippen LogP contribution >= 0.6 is 0 Å². The minimum absolute atomic E-state index is 0.717. The van der Waals surface area contributed by atoms with Gasteiger partial charge in [0.1, 0.15) is 5.82 Å². The van der Waals surface area contributed by atoms with E-state index >= 15 is 0 Å². The normalized spacial score (nSPS) is 11.4. The molecule has 4 heterocycles. The minimum atomic E-state index is 0.717. The molecule has 0 bridgehead atoms. The van der Waals surface area contributed by atoms with Gasteiger partial charge in [-0.15, -0.1) is 0 Å². The first kappa shape index (κ1) is 16.3. The zero-order chi connectivity index (χ0) is 19.3. The number of fused-ring (bicyclic) bond motifs is 2. The molecule has 0 spiro atoms. The van der Waals surface area contributed by atoms with Crippen molar-refractivity contribution >= 4 is 44.9 Å². The van der Waals surface area contributed by atoms with Crippen molar-refractivity contribution in [2.24, 2.45) is 14.1 Å². The zero-order valence-electron chi connectivity index (χ0n) is 15.7. The average Bonchev–Trinajstić information content (AvgIpc) is 3.38. The Balaban J connectivity index is 1.53. The SMILES string of the molecule is Cc1ccc2[nH]ncc2c1Nc1nn(C)c2cc(Nc3ccn(C)n3)ncc12. The molecule has 0 atom stereocenters. The molecule has 28 heavy (non-hydrogen) atoms. The van der Waals surface area contributed by atoms with Crippen molar-refractivity contribution in [2.45, 2.75) is 6.92 Å². The molecule has 0 aliphatic carbocycles. The molecular formula is C19H19N9. The van der Waals surface area contributed by atoms with Gasteiger partial charge in [0.25, 0.3) is 0 Å². The van der Waals surface area contributed by atoms with E-state index in [1.807, 2.05) is 55.6 Å². The third-order valence-corrected chi connectivity index (χ3v) is 4.78. The molecule has 0 aliphatic heterocycles. The summed E-state index contributed by atoms with van der Waals surface area (Å²) in [4.78, 5) is 4.53. The molecule has 3 N–H and O–H groups in total. The summed E-state index contributed by atoms with van der Waals surface area (Å²) in [6.07, 6.45) is 5.52. The van der Waals surface area contributed by atoms with E-state index in [0.29, 0.717) is 5.82 Å². The Labute approximate surface area is 160 Å². The summed E-state index contributed by atoms with van der Waals surface area (Å²) < 4.78 is 3.58. The third-order valence-electron chi connectivity index (χ3n) is 4.78. The highest BCUT2D eigenvalue weighted by Gasteiger charge is 2.14. The number of hydrogen-bond acceptors (Lipinski definition) is 6. The van der Waals surface area contributed by atoms with Gasteiger partial charge in [-0.2, -0.15) is 15.3 Å². The molecule has 4 aromatic heterocycles. The van der Waals surface area contributed by atoms with Crippen molar-refractivity contribution in [1.29, 1.82) is 0 Å². The average molecular weight is 373 g/mol. The summed E-state index contributed by atoms with van der Waals surface area (Å²) >= 11 is 0. The van der Waals surface area contributed by atoms with Gasteiger partial charge in [0, 0.05) is 44.0 Å². The number of H-pyrrole nitrogens is 1. The second-order valence-corrected chi connectivity index (χ2v) is 6.77. The van der Waals surface area contributed by atoms with E-state index in [2.05, 4.69) is 49.0 Å². The molecule has 140 valence electrons. The number of rotatable bonds is 4. The lowest BCUT2D eigenvalue weighted by molar-refractivity contribution is 0.771. The van der Waals surface area contributed by atoms with Crippen molar-refractivity contribution in [2.75, 3.05) is 10.6 Å². The van der Waals surface area contributed by atoms with Gasteiger partial charge in [-0.1, -0.05) is 6.07 Å². The largest absolute Gasteiger partial charge is 0.337 e. The fraction of sp³-hybridized carbons (Fsp3) is 0.158. The summed E-state index contributed by atoms with van der Waals surface area (Å²) in [5.41, 5.74) is 4.05. The Morgan fingerprint density at radius 3 is 2.68 bits per heavy atom. The van der Waals surface area contributed by atoms with E-state index in [9.17, 15) is 0 Å². The van der Waals surface area contributed by atoms with Gasteiger partial charge in [0.15, 0.2) is 11.6 Å². The van der Waals surface area contributed by atoms with Crippen LogP contribution in [0.25, 0.3) is 21.8 Å². The summed E-state index contributed by atoms with van der Waals surface area (Å²) in [5.74, 6) is 2.22. The van der Waals surface area contributed by atoms with Crippen molar-refractivity contribution in [3.63, 3.8) is 0 Å². The highest BCUT2D eigenvalue weighted by molar-refractivity contribution is 5.99. The van der Waals surface area contributed by atoms with Gasteiger partial charge in [-0.05, 0) is 18.6 Å². The topological polar surface area (TPSA) is 101 Å². The Hall–Kier alpha value is -3.88. The molecular weight excluding hydrogens is 354 g/mol. The van der Waals surface area contributed by atoms with Crippen LogP contribution in [0.4, 0.5) is 23.1 Å². The lowest BCUT2D eigenvalue weighted by Crippen LogP contribution is -1.96. The van der Waals surface area contributed by atoms with E-state index in [1.54, 1.807) is 4.68 Å². The fourth-order valence-electron chi connectivity index (χ4n) is 3.34. The number of anilines is 4. The predicted octanol–water partition coefficient (Wildman–Crippen LogP) is 3.37. The zero-order valence-corrected chi connectivity index (χ0v) is 15.7. The van der Waals surface area contributed by atoms with E-state index in [4.69, 9.17) is 0 Å². The van der Waals surface area contributed by atoms with Gasteiger partial charge in [0.05, 0.1) is 28.3 Å². The molecule has 0 unspecified atom stereocenters. The van der Waals surface area contributed by atoms with Gasteiger partial charge >= 0.3 is 0 Å². The van der Waals surface area contributed by atoms with Gasteiger partial charge < -0.3 is 10.6 Å². The second-order valence-electron chi connectivity index (χ2n) is 6.77. The molecule has 0 fully saturated rings. The number of hydrogen-bond donors (Lipinski definition) is 3.